The highest BCUT2D eigenvalue weighted by molar-refractivity contribution is 6.07. The third-order valence-corrected chi connectivity index (χ3v) is 3.21. The summed E-state index contributed by atoms with van der Waals surface area (Å²) in [5.41, 5.74) is 3.65. The van der Waals surface area contributed by atoms with Crippen molar-refractivity contribution in [1.82, 2.24) is 0 Å². The van der Waals surface area contributed by atoms with Crippen LogP contribution < -0.4 is 9.80 Å². The number of hydrogen-bond donors (Lipinski definition) is 0. The Morgan fingerprint density at radius 3 is 2.06 bits per heavy atom. The fraction of sp³-hybridized carbons (Fsp3) is 0.250. The topological polar surface area (TPSA) is 6.48 Å². The zero-order valence-electron chi connectivity index (χ0n) is 11.6. The number of fused-ring (bicyclic) bond motifs is 1. The zero-order valence-corrected chi connectivity index (χ0v) is 11.6. The molecule has 0 aliphatic rings. The lowest BCUT2D eigenvalue weighted by atomic mass is 10.0. The van der Waals surface area contributed by atoms with Crippen LogP contribution in [0.3, 0.4) is 0 Å². The Morgan fingerprint density at radius 1 is 0.889 bits per heavy atom. The third-order valence-electron chi connectivity index (χ3n) is 3.21. The van der Waals surface area contributed by atoms with Crippen molar-refractivity contribution >= 4 is 28.2 Å². The van der Waals surface area contributed by atoms with Crippen LogP contribution in [0.4, 0.5) is 11.4 Å². The van der Waals surface area contributed by atoms with Gasteiger partial charge in [0.05, 0.1) is 0 Å². The summed E-state index contributed by atoms with van der Waals surface area (Å²) < 4.78 is 0. The molecule has 0 atom stereocenters. The van der Waals surface area contributed by atoms with Crippen molar-refractivity contribution < 1.29 is 0 Å². The van der Waals surface area contributed by atoms with Crippen LogP contribution in [-0.2, 0) is 0 Å². The van der Waals surface area contributed by atoms with E-state index in [4.69, 9.17) is 0 Å². The normalized spacial score (nSPS) is 10.4. The van der Waals surface area contributed by atoms with Crippen LogP contribution in [0, 0.1) is 0 Å². The lowest BCUT2D eigenvalue weighted by molar-refractivity contribution is 1.12. The minimum atomic E-state index is 1.18. The summed E-state index contributed by atoms with van der Waals surface area (Å²) >= 11 is 0. The van der Waals surface area contributed by atoms with Gasteiger partial charge in [-0.05, 0) is 23.1 Å². The highest BCUT2D eigenvalue weighted by atomic mass is 15.1. The molecule has 0 saturated heterocycles. The van der Waals surface area contributed by atoms with Crippen molar-refractivity contribution in [2.24, 2.45) is 0 Å². The molecule has 2 aromatic carbocycles. The molecule has 18 heavy (non-hydrogen) atoms. The van der Waals surface area contributed by atoms with E-state index in [1.807, 2.05) is 6.08 Å². The van der Waals surface area contributed by atoms with Gasteiger partial charge in [-0.1, -0.05) is 30.9 Å². The molecule has 94 valence electrons. The first-order chi connectivity index (χ1) is 8.56. The van der Waals surface area contributed by atoms with E-state index in [1.54, 1.807) is 0 Å². The van der Waals surface area contributed by atoms with Crippen LogP contribution in [0.25, 0.3) is 16.8 Å². The minimum Gasteiger partial charge on any atom is -0.377 e. The van der Waals surface area contributed by atoms with Crippen molar-refractivity contribution in [2.45, 2.75) is 0 Å². The molecule has 0 spiro atoms. The van der Waals surface area contributed by atoms with E-state index in [0.29, 0.717) is 0 Å². The van der Waals surface area contributed by atoms with Crippen molar-refractivity contribution in [3.05, 3.63) is 42.5 Å². The molecule has 2 heteroatoms. The van der Waals surface area contributed by atoms with Gasteiger partial charge in [0.1, 0.15) is 0 Å². The van der Waals surface area contributed by atoms with Crippen LogP contribution in [0.2, 0.25) is 0 Å². The molecule has 0 heterocycles. The van der Waals surface area contributed by atoms with Gasteiger partial charge in [-0.2, -0.15) is 0 Å². The lowest BCUT2D eigenvalue weighted by Crippen LogP contribution is -2.13. The molecule has 0 saturated carbocycles. The summed E-state index contributed by atoms with van der Waals surface area (Å²) in [5.74, 6) is 0. The van der Waals surface area contributed by atoms with Crippen LogP contribution in [0.15, 0.2) is 36.9 Å². The van der Waals surface area contributed by atoms with E-state index in [-0.39, 0.29) is 0 Å². The quantitative estimate of drug-likeness (QED) is 0.808. The smallest absolute Gasteiger partial charge is 0.0462 e. The fourth-order valence-electron chi connectivity index (χ4n) is 2.32. The summed E-state index contributed by atoms with van der Waals surface area (Å²) in [6.07, 6.45) is 1.92. The Morgan fingerprint density at radius 2 is 1.50 bits per heavy atom. The van der Waals surface area contributed by atoms with Gasteiger partial charge < -0.3 is 9.80 Å². The maximum absolute atomic E-state index is 3.90. The monoisotopic (exact) mass is 240 g/mol. The maximum atomic E-state index is 3.90. The molecule has 0 amide bonds. The minimum absolute atomic E-state index is 1.18. The molecule has 0 N–H and O–H groups in total. The number of benzene rings is 2. The first-order valence-electron chi connectivity index (χ1n) is 6.09. The van der Waals surface area contributed by atoms with Gasteiger partial charge in [0.15, 0.2) is 0 Å². The molecule has 0 unspecified atom stereocenters. The average Bonchev–Trinajstić information content (AvgIpc) is 2.36. The lowest BCUT2D eigenvalue weighted by Gasteiger charge is -2.22. The summed E-state index contributed by atoms with van der Waals surface area (Å²) in [4.78, 5) is 4.31. The molecular weight excluding hydrogens is 220 g/mol. The largest absolute Gasteiger partial charge is 0.377 e. The van der Waals surface area contributed by atoms with E-state index in [9.17, 15) is 0 Å². The van der Waals surface area contributed by atoms with Crippen LogP contribution in [0.1, 0.15) is 5.56 Å². The molecule has 0 aliphatic carbocycles. The summed E-state index contributed by atoms with van der Waals surface area (Å²) in [7, 11) is 8.31. The van der Waals surface area contributed by atoms with Gasteiger partial charge in [0.2, 0.25) is 0 Å². The first-order valence-corrected chi connectivity index (χ1v) is 6.09. The second kappa shape index (κ2) is 4.73. The van der Waals surface area contributed by atoms with Gasteiger partial charge in [-0.3, -0.25) is 0 Å². The van der Waals surface area contributed by atoms with Crippen LogP contribution in [0.5, 0.6) is 0 Å². The van der Waals surface area contributed by atoms with E-state index >= 15 is 0 Å². The Labute approximate surface area is 109 Å². The van der Waals surface area contributed by atoms with Gasteiger partial charge in [0, 0.05) is 45.0 Å². The molecule has 2 aromatic rings. The van der Waals surface area contributed by atoms with Gasteiger partial charge in [-0.15, -0.1) is 0 Å². The third kappa shape index (κ3) is 1.94. The Kier molecular flexibility index (Phi) is 3.28. The number of hydrogen-bond acceptors (Lipinski definition) is 2. The molecule has 0 bridgehead atoms. The molecule has 2 nitrogen and oxygen atoms in total. The van der Waals surface area contributed by atoms with Crippen molar-refractivity contribution in [3.63, 3.8) is 0 Å². The second-order valence-corrected chi connectivity index (χ2v) is 4.87. The Bertz CT molecular complexity index is 569. The summed E-state index contributed by atoms with van der Waals surface area (Å²) in [5, 5.41) is 2.53. The predicted octanol–water partition coefficient (Wildman–Crippen LogP) is 3.61. The second-order valence-electron chi connectivity index (χ2n) is 4.87. The van der Waals surface area contributed by atoms with E-state index < -0.39 is 0 Å². The molecule has 0 aliphatic heterocycles. The number of anilines is 2. The summed E-state index contributed by atoms with van der Waals surface area (Å²) in [6.45, 7) is 3.90. The fourth-order valence-corrected chi connectivity index (χ4v) is 2.32. The predicted molar refractivity (Wildman–Crippen MR) is 82.7 cm³/mol. The summed E-state index contributed by atoms with van der Waals surface area (Å²) in [6, 6.07) is 10.7. The molecular formula is C16H20N2. The van der Waals surface area contributed by atoms with E-state index in [2.05, 4.69) is 74.9 Å². The van der Waals surface area contributed by atoms with Crippen LogP contribution >= 0.6 is 0 Å². The molecule has 0 aromatic heterocycles. The van der Waals surface area contributed by atoms with Crippen molar-refractivity contribution in [3.8, 4) is 0 Å². The van der Waals surface area contributed by atoms with Gasteiger partial charge in [-0.25, -0.2) is 0 Å². The van der Waals surface area contributed by atoms with Crippen LogP contribution in [-0.4, -0.2) is 28.2 Å². The Balaban J connectivity index is 2.92. The van der Waals surface area contributed by atoms with E-state index in [0.717, 1.165) is 0 Å². The maximum Gasteiger partial charge on any atom is 0.0462 e. The highest BCUT2D eigenvalue weighted by Gasteiger charge is 2.11. The standard InChI is InChI=1S/C16H20N2/c1-6-12-10-11-15(18(4)5)16-13(12)8-7-9-14(16)17(2)3/h6-11H,1H2,2-5H3. The molecule has 0 fully saturated rings. The zero-order chi connectivity index (χ0) is 13.3. The molecule has 2 rings (SSSR count). The van der Waals surface area contributed by atoms with Crippen molar-refractivity contribution in [1.29, 1.82) is 0 Å². The van der Waals surface area contributed by atoms with Gasteiger partial charge >= 0.3 is 0 Å². The van der Waals surface area contributed by atoms with Gasteiger partial charge in [0.25, 0.3) is 0 Å². The SMILES string of the molecule is C=Cc1ccc(N(C)C)c2c(N(C)C)cccc12. The number of rotatable bonds is 3. The highest BCUT2D eigenvalue weighted by Crippen LogP contribution is 2.35. The number of nitrogens with zero attached hydrogens (tertiary/aromatic N) is 2. The molecule has 0 radical (unpaired) electrons. The van der Waals surface area contributed by atoms with E-state index in [1.165, 1.54) is 27.7 Å². The average molecular weight is 240 g/mol. The Hall–Kier alpha value is -1.96. The first kappa shape index (κ1) is 12.5. The van der Waals surface area contributed by atoms with Crippen molar-refractivity contribution in [2.75, 3.05) is 38.0 Å².